The Hall–Kier alpha value is -0.450. The Bertz CT molecular complexity index is 230. The van der Waals surface area contributed by atoms with E-state index < -0.39 is 0 Å². The molecule has 0 aromatic carbocycles. The molecule has 0 amide bonds. The van der Waals surface area contributed by atoms with Crippen molar-refractivity contribution in [1.82, 2.24) is 4.90 Å². The Morgan fingerprint density at radius 2 is 1.58 bits per heavy atom. The topological polar surface area (TPSA) is 38.8 Å². The lowest BCUT2D eigenvalue weighted by Crippen LogP contribution is -2.40. The molecule has 0 heterocycles. The summed E-state index contributed by atoms with van der Waals surface area (Å²) in [5, 5.41) is 0. The average molecular weight is 271 g/mol. The molecule has 19 heavy (non-hydrogen) atoms. The molecule has 0 aromatic heterocycles. The Morgan fingerprint density at radius 1 is 1.05 bits per heavy atom. The Labute approximate surface area is 117 Å². The van der Waals surface area contributed by atoms with Crippen LogP contribution in [0.3, 0.4) is 0 Å². The van der Waals surface area contributed by atoms with Gasteiger partial charge in [0, 0.05) is 38.3 Å². The van der Waals surface area contributed by atoms with Gasteiger partial charge in [0.1, 0.15) is 6.29 Å². The minimum atomic E-state index is -0.113. The second-order valence-corrected chi connectivity index (χ2v) is 5.36. The van der Waals surface area contributed by atoms with E-state index in [0.717, 1.165) is 58.9 Å². The summed E-state index contributed by atoms with van der Waals surface area (Å²) in [4.78, 5) is 13.8. The number of carbonyl (C=O) groups is 1. The zero-order valence-corrected chi connectivity index (χ0v) is 12.5. The van der Waals surface area contributed by atoms with Gasteiger partial charge < -0.3 is 14.3 Å². The molecule has 4 heteroatoms. The van der Waals surface area contributed by atoms with E-state index in [9.17, 15) is 4.79 Å². The van der Waals surface area contributed by atoms with Crippen molar-refractivity contribution < 1.29 is 14.3 Å². The monoisotopic (exact) mass is 271 g/mol. The summed E-state index contributed by atoms with van der Waals surface area (Å²) in [7, 11) is 0. The Morgan fingerprint density at radius 3 is 2.00 bits per heavy atom. The van der Waals surface area contributed by atoms with Crippen LogP contribution < -0.4 is 0 Å². The molecule has 0 atom stereocenters. The second kappa shape index (κ2) is 9.45. The van der Waals surface area contributed by atoms with Gasteiger partial charge in [0.25, 0.3) is 0 Å². The first kappa shape index (κ1) is 16.6. The Kier molecular flexibility index (Phi) is 8.26. The number of nitrogens with zero attached hydrogens (tertiary/aromatic N) is 1. The van der Waals surface area contributed by atoms with Crippen LogP contribution in [0.1, 0.15) is 39.5 Å². The molecule has 0 N–H and O–H groups in total. The van der Waals surface area contributed by atoms with Gasteiger partial charge in [-0.15, -0.1) is 0 Å². The van der Waals surface area contributed by atoms with E-state index >= 15 is 0 Å². The predicted octanol–water partition coefficient (Wildman–Crippen LogP) is 2.12. The zero-order chi connectivity index (χ0) is 14.0. The fourth-order valence-electron chi connectivity index (χ4n) is 2.78. The molecular formula is C15H29NO3. The number of rotatable bonds is 11. The molecule has 1 saturated carbocycles. The van der Waals surface area contributed by atoms with E-state index in [1.54, 1.807) is 0 Å². The number of ether oxygens (including phenoxy) is 2. The Balaban J connectivity index is 2.43. The summed E-state index contributed by atoms with van der Waals surface area (Å²) in [6.07, 6.45) is 5.63. The van der Waals surface area contributed by atoms with Crippen molar-refractivity contribution in [2.45, 2.75) is 39.5 Å². The maximum Gasteiger partial charge on any atom is 0.127 e. The smallest absolute Gasteiger partial charge is 0.127 e. The van der Waals surface area contributed by atoms with Crippen LogP contribution in [0.4, 0.5) is 0 Å². The normalized spacial score (nSPS) is 18.1. The van der Waals surface area contributed by atoms with Gasteiger partial charge in [0.05, 0.1) is 13.2 Å². The summed E-state index contributed by atoms with van der Waals surface area (Å²) in [6, 6.07) is 0. The molecule has 1 rings (SSSR count). The number of aldehydes is 1. The molecule has 0 aliphatic heterocycles. The number of hydrogen-bond donors (Lipinski definition) is 0. The van der Waals surface area contributed by atoms with Crippen molar-refractivity contribution in [3.63, 3.8) is 0 Å². The van der Waals surface area contributed by atoms with Gasteiger partial charge in [0.2, 0.25) is 0 Å². The minimum absolute atomic E-state index is 0.113. The van der Waals surface area contributed by atoms with E-state index in [2.05, 4.69) is 4.90 Å². The van der Waals surface area contributed by atoms with Gasteiger partial charge in [-0.25, -0.2) is 0 Å². The molecular weight excluding hydrogens is 242 g/mol. The van der Waals surface area contributed by atoms with Crippen molar-refractivity contribution in [2.24, 2.45) is 5.41 Å². The standard InChI is InChI=1S/C15H29NO3/c1-3-18-11-9-16(10-12-19-4-2)13-15(14-17)7-5-6-8-15/h14H,3-13H2,1-2H3. The first-order valence-corrected chi connectivity index (χ1v) is 7.60. The maximum absolute atomic E-state index is 11.4. The van der Waals surface area contributed by atoms with Gasteiger partial charge in [-0.05, 0) is 26.7 Å². The summed E-state index contributed by atoms with van der Waals surface area (Å²) in [6.45, 7) is 9.61. The molecule has 4 nitrogen and oxygen atoms in total. The molecule has 1 aliphatic carbocycles. The average Bonchev–Trinajstić information content (AvgIpc) is 2.88. The van der Waals surface area contributed by atoms with Crippen LogP contribution in [0.15, 0.2) is 0 Å². The summed E-state index contributed by atoms with van der Waals surface area (Å²) >= 11 is 0. The van der Waals surface area contributed by atoms with Crippen LogP contribution in [0, 0.1) is 5.41 Å². The van der Waals surface area contributed by atoms with Crippen molar-refractivity contribution in [3.8, 4) is 0 Å². The van der Waals surface area contributed by atoms with Gasteiger partial charge in [0.15, 0.2) is 0 Å². The van der Waals surface area contributed by atoms with Crippen LogP contribution >= 0.6 is 0 Å². The second-order valence-electron chi connectivity index (χ2n) is 5.36. The van der Waals surface area contributed by atoms with Crippen LogP contribution in [0.2, 0.25) is 0 Å². The molecule has 1 aliphatic rings. The van der Waals surface area contributed by atoms with Crippen LogP contribution in [-0.2, 0) is 14.3 Å². The fraction of sp³-hybridized carbons (Fsp3) is 0.933. The van der Waals surface area contributed by atoms with Gasteiger partial charge in [-0.2, -0.15) is 0 Å². The fourth-order valence-corrected chi connectivity index (χ4v) is 2.78. The lowest BCUT2D eigenvalue weighted by Gasteiger charge is -2.31. The molecule has 0 bridgehead atoms. The highest BCUT2D eigenvalue weighted by atomic mass is 16.5. The highest BCUT2D eigenvalue weighted by molar-refractivity contribution is 5.60. The summed E-state index contributed by atoms with van der Waals surface area (Å²) < 4.78 is 10.9. The van der Waals surface area contributed by atoms with E-state index in [1.165, 1.54) is 19.1 Å². The van der Waals surface area contributed by atoms with E-state index in [-0.39, 0.29) is 5.41 Å². The summed E-state index contributed by atoms with van der Waals surface area (Å²) in [5.74, 6) is 0. The summed E-state index contributed by atoms with van der Waals surface area (Å²) in [5.41, 5.74) is -0.113. The highest BCUT2D eigenvalue weighted by Crippen LogP contribution is 2.36. The van der Waals surface area contributed by atoms with Crippen molar-refractivity contribution in [1.29, 1.82) is 0 Å². The third kappa shape index (κ3) is 6.02. The van der Waals surface area contributed by atoms with E-state index in [4.69, 9.17) is 9.47 Å². The minimum Gasteiger partial charge on any atom is -0.380 e. The molecule has 112 valence electrons. The lowest BCUT2D eigenvalue weighted by molar-refractivity contribution is -0.117. The molecule has 1 fully saturated rings. The first-order valence-electron chi connectivity index (χ1n) is 7.60. The van der Waals surface area contributed by atoms with E-state index in [1.807, 2.05) is 13.8 Å². The molecule has 0 unspecified atom stereocenters. The highest BCUT2D eigenvalue weighted by Gasteiger charge is 2.35. The first-order chi connectivity index (χ1) is 9.26. The SMILES string of the molecule is CCOCCN(CCOCC)CC1(C=O)CCCC1. The number of carbonyl (C=O) groups excluding carboxylic acids is 1. The van der Waals surface area contributed by atoms with Crippen molar-refractivity contribution >= 4 is 6.29 Å². The maximum atomic E-state index is 11.4. The third-order valence-corrected chi connectivity index (χ3v) is 3.90. The number of hydrogen-bond acceptors (Lipinski definition) is 4. The van der Waals surface area contributed by atoms with Gasteiger partial charge in [-0.3, -0.25) is 4.90 Å². The van der Waals surface area contributed by atoms with Crippen molar-refractivity contribution in [3.05, 3.63) is 0 Å². The van der Waals surface area contributed by atoms with Crippen LogP contribution in [0.5, 0.6) is 0 Å². The molecule has 0 aromatic rings. The third-order valence-electron chi connectivity index (χ3n) is 3.90. The van der Waals surface area contributed by atoms with Crippen molar-refractivity contribution in [2.75, 3.05) is 46.1 Å². The molecule has 0 radical (unpaired) electrons. The largest absolute Gasteiger partial charge is 0.380 e. The van der Waals surface area contributed by atoms with Crippen LogP contribution in [0.25, 0.3) is 0 Å². The van der Waals surface area contributed by atoms with E-state index in [0.29, 0.717) is 0 Å². The van der Waals surface area contributed by atoms with Gasteiger partial charge >= 0.3 is 0 Å². The quantitative estimate of drug-likeness (QED) is 0.426. The molecule has 0 saturated heterocycles. The lowest BCUT2D eigenvalue weighted by atomic mass is 9.87. The van der Waals surface area contributed by atoms with Crippen LogP contribution in [-0.4, -0.2) is 57.2 Å². The predicted molar refractivity (Wildman–Crippen MR) is 76.4 cm³/mol. The van der Waals surface area contributed by atoms with Gasteiger partial charge in [-0.1, -0.05) is 12.8 Å². The zero-order valence-electron chi connectivity index (χ0n) is 12.5. The molecule has 0 spiro atoms.